The molecule has 98 valence electrons. The number of rotatable bonds is 2. The normalized spacial score (nSPS) is 20.6. The van der Waals surface area contributed by atoms with Crippen LogP contribution < -0.4 is 0 Å². The number of nitrogens with zero attached hydrogens (tertiary/aromatic N) is 1. The van der Waals surface area contributed by atoms with Crippen molar-refractivity contribution in [2.45, 2.75) is 25.2 Å². The van der Waals surface area contributed by atoms with Crippen molar-refractivity contribution >= 4 is 5.91 Å². The predicted molar refractivity (Wildman–Crippen MR) is 57.5 cm³/mol. The molecule has 2 rings (SSSR count). The third kappa shape index (κ3) is 2.64. The molecule has 1 N–H and O–H groups in total. The number of aliphatic hydroxyl groups excluding tert-OH is 1. The smallest absolute Gasteiger partial charge is 0.391 e. The van der Waals surface area contributed by atoms with Gasteiger partial charge >= 0.3 is 6.18 Å². The van der Waals surface area contributed by atoms with Crippen molar-refractivity contribution in [2.75, 3.05) is 6.54 Å². The lowest BCUT2D eigenvalue weighted by Crippen LogP contribution is -2.26. The molecule has 1 aliphatic rings. The lowest BCUT2D eigenvalue weighted by atomic mass is 10.1. The van der Waals surface area contributed by atoms with E-state index in [4.69, 9.17) is 0 Å². The number of aliphatic hydroxyl groups is 1. The molecule has 3 nitrogen and oxygen atoms in total. The van der Waals surface area contributed by atoms with Gasteiger partial charge in [-0.05, 0) is 11.6 Å². The van der Waals surface area contributed by atoms with Crippen LogP contribution >= 0.6 is 0 Å². The minimum Gasteiger partial charge on any atom is -0.391 e. The Kier molecular flexibility index (Phi) is 3.30. The van der Waals surface area contributed by atoms with E-state index in [1.54, 1.807) is 0 Å². The van der Waals surface area contributed by atoms with Crippen LogP contribution in [0, 0.1) is 0 Å². The Labute approximate surface area is 102 Å². The summed E-state index contributed by atoms with van der Waals surface area (Å²) in [5, 5.41) is 9.29. The highest BCUT2D eigenvalue weighted by Crippen LogP contribution is 2.32. The van der Waals surface area contributed by atoms with Crippen molar-refractivity contribution in [3.8, 4) is 0 Å². The molecule has 1 amide bonds. The number of hydrogen-bond acceptors (Lipinski definition) is 2. The fourth-order valence-electron chi connectivity index (χ4n) is 2.04. The lowest BCUT2D eigenvalue weighted by Gasteiger charge is -2.19. The van der Waals surface area contributed by atoms with E-state index in [-0.39, 0.29) is 31.0 Å². The van der Waals surface area contributed by atoms with Gasteiger partial charge in [0.2, 0.25) is 5.91 Å². The predicted octanol–water partition coefficient (Wildman–Crippen LogP) is 1.80. The van der Waals surface area contributed by atoms with Gasteiger partial charge in [-0.25, -0.2) is 0 Å². The van der Waals surface area contributed by atoms with E-state index in [0.29, 0.717) is 0 Å². The Bertz CT molecular complexity index is 459. The monoisotopic (exact) mass is 259 g/mol. The van der Waals surface area contributed by atoms with Gasteiger partial charge in [-0.3, -0.25) is 4.79 Å². The summed E-state index contributed by atoms with van der Waals surface area (Å²) in [6, 6.07) is 5.15. The summed E-state index contributed by atoms with van der Waals surface area (Å²) in [6.45, 7) is -0.0311. The van der Waals surface area contributed by atoms with Gasteiger partial charge in [0.1, 0.15) is 0 Å². The van der Waals surface area contributed by atoms with Crippen molar-refractivity contribution < 1.29 is 23.1 Å². The molecule has 1 fully saturated rings. The summed E-state index contributed by atoms with van der Waals surface area (Å²) in [5.74, 6) is -0.320. The highest BCUT2D eigenvalue weighted by molar-refractivity contribution is 5.79. The zero-order chi connectivity index (χ0) is 13.3. The van der Waals surface area contributed by atoms with Crippen molar-refractivity contribution in [2.24, 2.45) is 0 Å². The zero-order valence-corrected chi connectivity index (χ0v) is 9.44. The summed E-state index contributed by atoms with van der Waals surface area (Å²) in [5.41, 5.74) is -0.688. The molecular formula is C12H12F3NO2. The quantitative estimate of drug-likeness (QED) is 0.879. The maximum atomic E-state index is 12.7. The van der Waals surface area contributed by atoms with E-state index in [1.807, 2.05) is 0 Å². The number of halogens is 3. The van der Waals surface area contributed by atoms with Crippen molar-refractivity contribution in [1.29, 1.82) is 0 Å². The molecule has 1 saturated heterocycles. The van der Waals surface area contributed by atoms with Gasteiger partial charge < -0.3 is 10.0 Å². The van der Waals surface area contributed by atoms with Crippen LogP contribution in [-0.2, 0) is 17.5 Å². The molecule has 18 heavy (non-hydrogen) atoms. The fraction of sp³-hybridized carbons (Fsp3) is 0.417. The lowest BCUT2D eigenvalue weighted by molar-refractivity contribution is -0.139. The standard InChI is InChI=1S/C12H12F3NO2/c13-12(14,15)10-4-2-1-3-8(10)6-16-7-9(17)5-11(16)18/h1-4,9,17H,5-7H2. The second-order valence-electron chi connectivity index (χ2n) is 4.29. The van der Waals surface area contributed by atoms with Gasteiger partial charge in [0.05, 0.1) is 18.1 Å². The Morgan fingerprint density at radius 3 is 2.56 bits per heavy atom. The van der Waals surface area contributed by atoms with Crippen LogP contribution in [-0.4, -0.2) is 28.6 Å². The van der Waals surface area contributed by atoms with Crippen LogP contribution in [0.3, 0.4) is 0 Å². The molecule has 1 unspecified atom stereocenters. The molecule has 1 heterocycles. The second-order valence-corrected chi connectivity index (χ2v) is 4.29. The van der Waals surface area contributed by atoms with Gasteiger partial charge in [0, 0.05) is 13.1 Å². The fourth-order valence-corrected chi connectivity index (χ4v) is 2.04. The molecule has 0 aromatic heterocycles. The second kappa shape index (κ2) is 4.61. The Balaban J connectivity index is 2.22. The highest BCUT2D eigenvalue weighted by atomic mass is 19.4. The van der Waals surface area contributed by atoms with E-state index >= 15 is 0 Å². The van der Waals surface area contributed by atoms with Crippen LogP contribution in [0.25, 0.3) is 0 Å². The topological polar surface area (TPSA) is 40.5 Å². The van der Waals surface area contributed by atoms with Crippen molar-refractivity contribution in [3.63, 3.8) is 0 Å². The molecule has 6 heteroatoms. The SMILES string of the molecule is O=C1CC(O)CN1Cc1ccccc1C(F)(F)F. The molecule has 1 aliphatic heterocycles. The van der Waals surface area contributed by atoms with Crippen LogP contribution in [0.4, 0.5) is 13.2 Å². The largest absolute Gasteiger partial charge is 0.416 e. The van der Waals surface area contributed by atoms with Gasteiger partial charge in [-0.15, -0.1) is 0 Å². The molecular weight excluding hydrogens is 247 g/mol. The van der Waals surface area contributed by atoms with E-state index in [0.717, 1.165) is 6.07 Å². The first-order chi connectivity index (χ1) is 8.38. The van der Waals surface area contributed by atoms with Gasteiger partial charge in [-0.2, -0.15) is 13.2 Å². The minimum absolute atomic E-state index is 0.0197. The average molecular weight is 259 g/mol. The molecule has 1 aromatic carbocycles. The summed E-state index contributed by atoms with van der Waals surface area (Å²) in [7, 11) is 0. The zero-order valence-electron chi connectivity index (χ0n) is 9.44. The first-order valence-electron chi connectivity index (χ1n) is 5.49. The molecule has 1 aromatic rings. The maximum absolute atomic E-state index is 12.7. The highest BCUT2D eigenvalue weighted by Gasteiger charge is 2.35. The third-order valence-electron chi connectivity index (χ3n) is 2.88. The number of benzene rings is 1. The molecule has 0 radical (unpaired) electrons. The molecule has 0 aliphatic carbocycles. The van der Waals surface area contributed by atoms with Crippen LogP contribution in [0.5, 0.6) is 0 Å². The summed E-state index contributed by atoms with van der Waals surface area (Å²) in [6.07, 6.45) is -5.23. The number of carbonyl (C=O) groups excluding carboxylic acids is 1. The Hall–Kier alpha value is -1.56. The van der Waals surface area contributed by atoms with Crippen molar-refractivity contribution in [3.05, 3.63) is 35.4 Å². The van der Waals surface area contributed by atoms with Crippen LogP contribution in [0.1, 0.15) is 17.5 Å². The van der Waals surface area contributed by atoms with Gasteiger partial charge in [0.15, 0.2) is 0 Å². The minimum atomic E-state index is -4.43. The summed E-state index contributed by atoms with van der Waals surface area (Å²) in [4.78, 5) is 12.7. The van der Waals surface area contributed by atoms with Crippen LogP contribution in [0.2, 0.25) is 0 Å². The average Bonchev–Trinajstić information content (AvgIpc) is 2.57. The number of likely N-dealkylation sites (tertiary alicyclic amines) is 1. The van der Waals surface area contributed by atoms with E-state index < -0.39 is 17.8 Å². The Morgan fingerprint density at radius 2 is 2.00 bits per heavy atom. The molecule has 1 atom stereocenters. The number of hydrogen-bond donors (Lipinski definition) is 1. The van der Waals surface area contributed by atoms with E-state index in [2.05, 4.69) is 0 Å². The van der Waals surface area contributed by atoms with E-state index in [9.17, 15) is 23.1 Å². The van der Waals surface area contributed by atoms with Gasteiger partial charge in [0.25, 0.3) is 0 Å². The van der Waals surface area contributed by atoms with Gasteiger partial charge in [-0.1, -0.05) is 18.2 Å². The molecule has 0 bridgehead atoms. The first kappa shape index (κ1) is 12.9. The summed E-state index contributed by atoms with van der Waals surface area (Å²) >= 11 is 0. The first-order valence-corrected chi connectivity index (χ1v) is 5.49. The molecule has 0 spiro atoms. The van der Waals surface area contributed by atoms with E-state index in [1.165, 1.54) is 23.1 Å². The number of amides is 1. The van der Waals surface area contributed by atoms with Crippen molar-refractivity contribution in [1.82, 2.24) is 4.90 Å². The molecule has 0 saturated carbocycles. The van der Waals surface area contributed by atoms with Crippen LogP contribution in [0.15, 0.2) is 24.3 Å². The number of β-amino-alcohol motifs (C(OH)–C–C–N with tert-alkyl or cyclic N) is 1. The number of carbonyl (C=O) groups is 1. The third-order valence-corrected chi connectivity index (χ3v) is 2.88. The number of alkyl halides is 3. The summed E-state index contributed by atoms with van der Waals surface area (Å²) < 4.78 is 38.2. The Morgan fingerprint density at radius 1 is 1.33 bits per heavy atom. The maximum Gasteiger partial charge on any atom is 0.416 e.